The predicted octanol–water partition coefficient (Wildman–Crippen LogP) is 0.0439. The third kappa shape index (κ3) is 4.58. The largest absolute Gasteiger partial charge is 0.480 e. The fourth-order valence-corrected chi connectivity index (χ4v) is 1.12. The molecule has 0 aromatic rings. The van der Waals surface area contributed by atoms with Crippen LogP contribution in [0, 0.1) is 0 Å². The van der Waals surface area contributed by atoms with Crippen molar-refractivity contribution in [3.05, 3.63) is 0 Å². The Kier molecular flexibility index (Phi) is 6.14. The molecule has 0 bridgehead atoms. The second-order valence-electron chi connectivity index (χ2n) is 2.64. The summed E-state index contributed by atoms with van der Waals surface area (Å²) in [6.45, 7) is 2.00. The van der Waals surface area contributed by atoms with Gasteiger partial charge in [0, 0.05) is 5.75 Å². The van der Waals surface area contributed by atoms with Crippen LogP contribution in [0.25, 0.3) is 0 Å². The van der Waals surface area contributed by atoms with Gasteiger partial charge in [0.1, 0.15) is 6.04 Å². The van der Waals surface area contributed by atoms with Gasteiger partial charge in [0.2, 0.25) is 0 Å². The minimum Gasteiger partial charge on any atom is -0.480 e. The van der Waals surface area contributed by atoms with Crippen molar-refractivity contribution in [3.63, 3.8) is 0 Å². The van der Waals surface area contributed by atoms with E-state index in [-0.39, 0.29) is 11.9 Å². The van der Waals surface area contributed by atoms with Crippen molar-refractivity contribution >= 4 is 18.6 Å². The van der Waals surface area contributed by atoms with Crippen LogP contribution in [-0.2, 0) is 4.79 Å². The molecule has 0 aliphatic heterocycles. The van der Waals surface area contributed by atoms with Crippen LogP contribution in [0.5, 0.6) is 0 Å². The molecule has 0 fully saturated rings. The van der Waals surface area contributed by atoms with E-state index in [0.717, 1.165) is 12.8 Å². The molecule has 0 saturated carbocycles. The number of carboxylic acids is 1. The Balaban J connectivity index is 3.77. The number of rotatable bonds is 6. The minimum absolute atomic E-state index is 0.247. The lowest BCUT2D eigenvalue weighted by atomic mass is 10.2. The summed E-state index contributed by atoms with van der Waals surface area (Å²) in [6, 6.07) is -0.644. The number of nitrogens with two attached hydrogens (primary N) is 1. The Hall–Kier alpha value is -0.260. The zero-order valence-corrected chi connectivity index (χ0v) is 8.05. The SMILES string of the molecule is CCCC(N)NC(CS)C(=O)O. The average Bonchev–Trinajstić information content (AvgIpc) is 2.00. The number of nitrogens with one attached hydrogen (secondary N) is 1. The molecule has 5 heteroatoms. The van der Waals surface area contributed by atoms with E-state index in [9.17, 15) is 4.79 Å². The summed E-state index contributed by atoms with van der Waals surface area (Å²) in [4.78, 5) is 10.5. The van der Waals surface area contributed by atoms with Crippen LogP contribution in [0.4, 0.5) is 0 Å². The quantitative estimate of drug-likeness (QED) is 0.354. The summed E-state index contributed by atoms with van der Waals surface area (Å²) in [5.74, 6) is -0.649. The number of carbonyl (C=O) groups is 1. The van der Waals surface area contributed by atoms with Gasteiger partial charge >= 0.3 is 5.97 Å². The van der Waals surface area contributed by atoms with Crippen molar-refractivity contribution < 1.29 is 9.90 Å². The molecule has 0 saturated heterocycles. The average molecular weight is 192 g/mol. The van der Waals surface area contributed by atoms with E-state index in [1.165, 1.54) is 0 Å². The maximum Gasteiger partial charge on any atom is 0.321 e. The van der Waals surface area contributed by atoms with Crippen molar-refractivity contribution in [1.29, 1.82) is 0 Å². The molecule has 0 radical (unpaired) electrons. The van der Waals surface area contributed by atoms with Crippen LogP contribution >= 0.6 is 12.6 Å². The van der Waals surface area contributed by atoms with E-state index in [0.29, 0.717) is 0 Å². The van der Waals surface area contributed by atoms with Gasteiger partial charge in [0.05, 0.1) is 6.17 Å². The normalized spacial score (nSPS) is 15.6. The Morgan fingerprint density at radius 2 is 2.33 bits per heavy atom. The minimum atomic E-state index is -0.906. The van der Waals surface area contributed by atoms with Crippen LogP contribution in [0.1, 0.15) is 19.8 Å². The lowest BCUT2D eigenvalue weighted by molar-refractivity contribution is -0.139. The standard InChI is InChI=1S/C7H16N2O2S/c1-2-3-6(8)9-5(4-12)7(10)11/h5-6,9,12H,2-4,8H2,1H3,(H,10,11). The Morgan fingerprint density at radius 3 is 2.67 bits per heavy atom. The van der Waals surface area contributed by atoms with Crippen molar-refractivity contribution in [2.45, 2.75) is 32.0 Å². The zero-order chi connectivity index (χ0) is 9.56. The second-order valence-corrected chi connectivity index (χ2v) is 3.00. The van der Waals surface area contributed by atoms with Crippen LogP contribution in [0.3, 0.4) is 0 Å². The summed E-state index contributed by atoms with van der Waals surface area (Å²) in [6.07, 6.45) is 1.47. The maximum absolute atomic E-state index is 10.5. The van der Waals surface area contributed by atoms with Crippen molar-refractivity contribution in [2.75, 3.05) is 5.75 Å². The molecule has 0 aromatic heterocycles. The summed E-state index contributed by atoms with van der Waals surface area (Å²) in [7, 11) is 0. The van der Waals surface area contributed by atoms with Crippen molar-refractivity contribution in [2.24, 2.45) is 5.73 Å². The number of aliphatic carboxylic acids is 1. The van der Waals surface area contributed by atoms with Crippen molar-refractivity contribution in [3.8, 4) is 0 Å². The Labute approximate surface area is 77.9 Å². The molecule has 0 aliphatic rings. The molecular weight excluding hydrogens is 176 g/mol. The molecule has 0 aromatic carbocycles. The molecule has 0 amide bonds. The van der Waals surface area contributed by atoms with E-state index >= 15 is 0 Å². The molecule has 0 aliphatic carbocycles. The third-order valence-corrected chi connectivity index (χ3v) is 1.86. The molecule has 0 rings (SSSR count). The van der Waals surface area contributed by atoms with Gasteiger partial charge < -0.3 is 10.8 Å². The van der Waals surface area contributed by atoms with E-state index in [1.807, 2.05) is 6.92 Å². The maximum atomic E-state index is 10.5. The van der Waals surface area contributed by atoms with Gasteiger partial charge in [-0.1, -0.05) is 13.3 Å². The van der Waals surface area contributed by atoms with Crippen LogP contribution in [0.2, 0.25) is 0 Å². The molecule has 12 heavy (non-hydrogen) atoms. The zero-order valence-electron chi connectivity index (χ0n) is 7.16. The smallest absolute Gasteiger partial charge is 0.321 e. The summed E-state index contributed by atoms with van der Waals surface area (Å²) in [5.41, 5.74) is 5.59. The second kappa shape index (κ2) is 6.28. The monoisotopic (exact) mass is 192 g/mol. The summed E-state index contributed by atoms with van der Waals surface area (Å²) < 4.78 is 0. The molecule has 0 spiro atoms. The molecule has 4 N–H and O–H groups in total. The lowest BCUT2D eigenvalue weighted by Gasteiger charge is -2.17. The highest BCUT2D eigenvalue weighted by molar-refractivity contribution is 7.80. The third-order valence-electron chi connectivity index (χ3n) is 1.50. The van der Waals surface area contributed by atoms with Crippen LogP contribution < -0.4 is 11.1 Å². The molecule has 4 nitrogen and oxygen atoms in total. The fraction of sp³-hybridized carbons (Fsp3) is 0.857. The Morgan fingerprint density at radius 1 is 1.75 bits per heavy atom. The highest BCUT2D eigenvalue weighted by atomic mass is 32.1. The van der Waals surface area contributed by atoms with Crippen LogP contribution in [0.15, 0.2) is 0 Å². The first-order valence-electron chi connectivity index (χ1n) is 3.97. The first-order chi connectivity index (χ1) is 5.61. The van der Waals surface area contributed by atoms with Gasteiger partial charge in [0.25, 0.3) is 0 Å². The van der Waals surface area contributed by atoms with Gasteiger partial charge in [-0.3, -0.25) is 10.1 Å². The van der Waals surface area contributed by atoms with E-state index in [2.05, 4.69) is 17.9 Å². The topological polar surface area (TPSA) is 75.3 Å². The van der Waals surface area contributed by atoms with Crippen molar-refractivity contribution in [1.82, 2.24) is 5.32 Å². The first kappa shape index (κ1) is 11.7. The van der Waals surface area contributed by atoms with E-state index < -0.39 is 12.0 Å². The van der Waals surface area contributed by atoms with Gasteiger partial charge in [-0.25, -0.2) is 0 Å². The molecule has 0 heterocycles. The molecule has 72 valence electrons. The number of hydrogen-bond acceptors (Lipinski definition) is 4. The predicted molar refractivity (Wildman–Crippen MR) is 51.3 cm³/mol. The highest BCUT2D eigenvalue weighted by Gasteiger charge is 2.16. The lowest BCUT2D eigenvalue weighted by Crippen LogP contribution is -2.48. The van der Waals surface area contributed by atoms with Gasteiger partial charge in [-0.2, -0.15) is 12.6 Å². The van der Waals surface area contributed by atoms with Gasteiger partial charge in [0.15, 0.2) is 0 Å². The highest BCUT2D eigenvalue weighted by Crippen LogP contribution is 1.94. The number of thiol groups is 1. The fourth-order valence-electron chi connectivity index (χ4n) is 0.855. The van der Waals surface area contributed by atoms with E-state index in [1.54, 1.807) is 0 Å². The number of carboxylic acid groups (broad SMARTS) is 1. The summed E-state index contributed by atoms with van der Waals surface area (Å²) in [5, 5.41) is 11.4. The van der Waals surface area contributed by atoms with Crippen LogP contribution in [-0.4, -0.2) is 29.0 Å². The molecular formula is C7H16N2O2S. The van der Waals surface area contributed by atoms with Gasteiger partial charge in [-0.15, -0.1) is 0 Å². The van der Waals surface area contributed by atoms with Gasteiger partial charge in [-0.05, 0) is 6.42 Å². The number of hydrogen-bond donors (Lipinski definition) is 4. The Bertz CT molecular complexity index is 143. The van der Waals surface area contributed by atoms with E-state index in [4.69, 9.17) is 10.8 Å². The summed E-state index contributed by atoms with van der Waals surface area (Å²) >= 11 is 3.90. The molecule has 2 unspecified atom stereocenters. The molecule has 2 atom stereocenters. The first-order valence-corrected chi connectivity index (χ1v) is 4.60.